The third-order valence-corrected chi connectivity index (χ3v) is 14.1. The highest BCUT2D eigenvalue weighted by molar-refractivity contribution is 6.05. The second kappa shape index (κ2) is 17.9. The Morgan fingerprint density at radius 3 is 1.53 bits per heavy atom. The molecule has 3 amide bonds. The first kappa shape index (κ1) is 47.0. The van der Waals surface area contributed by atoms with E-state index >= 15 is 0 Å². The van der Waals surface area contributed by atoms with Crippen LogP contribution < -0.4 is 32.0 Å². The lowest BCUT2D eigenvalue weighted by Gasteiger charge is -2.30. The zero-order valence-corrected chi connectivity index (χ0v) is 40.8. The maximum absolute atomic E-state index is 14.1. The summed E-state index contributed by atoms with van der Waals surface area (Å²) in [5.41, 5.74) is 11.6. The Hall–Kier alpha value is -8.70. The highest BCUT2D eigenvalue weighted by Gasteiger charge is 2.56. The molecule has 0 saturated carbocycles. The Bertz CT molecular complexity index is 3680. The van der Waals surface area contributed by atoms with Gasteiger partial charge >= 0.3 is 0 Å². The number of aromatic nitrogens is 7. The normalized spacial score (nSPS) is 19.2. The van der Waals surface area contributed by atoms with Crippen LogP contribution in [-0.4, -0.2) is 63.7 Å². The lowest BCUT2D eigenvalue weighted by atomic mass is 9.82. The summed E-state index contributed by atoms with van der Waals surface area (Å²) in [6.07, 6.45) is 6.98. The number of pyridine rings is 2. The maximum atomic E-state index is 14.1. The van der Waals surface area contributed by atoms with Gasteiger partial charge in [-0.3, -0.25) is 24.0 Å². The van der Waals surface area contributed by atoms with Crippen LogP contribution in [0.3, 0.4) is 0 Å². The summed E-state index contributed by atoms with van der Waals surface area (Å²) in [5.74, 6) is 0.00987. The Balaban J connectivity index is 0.000000170. The van der Waals surface area contributed by atoms with Crippen molar-refractivity contribution in [2.24, 2.45) is 30.7 Å². The van der Waals surface area contributed by atoms with Crippen LogP contribution in [0.1, 0.15) is 67.2 Å². The van der Waals surface area contributed by atoms with Crippen molar-refractivity contribution in [2.45, 2.75) is 58.8 Å². The van der Waals surface area contributed by atoms with Gasteiger partial charge < -0.3 is 34.5 Å². The van der Waals surface area contributed by atoms with Crippen molar-refractivity contribution in [3.05, 3.63) is 195 Å². The topological polar surface area (TPSA) is 201 Å². The van der Waals surface area contributed by atoms with Gasteiger partial charge in [-0.05, 0) is 94.3 Å². The molecule has 2 aliphatic heterocycles. The second-order valence-electron chi connectivity index (χ2n) is 19.6. The fraction of sp³-hybridized carbons (Fsp3) is 0.236. The van der Waals surface area contributed by atoms with Crippen LogP contribution in [0.25, 0.3) is 33.2 Å². The van der Waals surface area contributed by atoms with Gasteiger partial charge in [0, 0.05) is 72.9 Å². The van der Waals surface area contributed by atoms with E-state index in [0.29, 0.717) is 11.4 Å². The van der Waals surface area contributed by atoms with Crippen molar-refractivity contribution >= 4 is 50.9 Å². The number of nitrogens with two attached hydrogens (primary N) is 1. The van der Waals surface area contributed by atoms with E-state index in [2.05, 4.69) is 20.7 Å². The van der Waals surface area contributed by atoms with E-state index in [9.17, 15) is 24.0 Å². The molecular formula is C55H53N11O6. The number of nitrogens with zero attached hydrogens (tertiary/aromatic N) is 9. The molecule has 0 aliphatic carbocycles. The fourth-order valence-corrected chi connectivity index (χ4v) is 9.91. The van der Waals surface area contributed by atoms with E-state index in [-0.39, 0.29) is 40.7 Å². The van der Waals surface area contributed by atoms with Gasteiger partial charge in [-0.2, -0.15) is 10.2 Å². The summed E-state index contributed by atoms with van der Waals surface area (Å²) in [6, 6.07) is 37.6. The van der Waals surface area contributed by atoms with E-state index < -0.39 is 28.8 Å². The van der Waals surface area contributed by atoms with Crippen LogP contribution in [-0.2, 0) is 23.7 Å². The minimum absolute atomic E-state index is 0.00338. The van der Waals surface area contributed by atoms with E-state index in [4.69, 9.17) is 10.3 Å². The SMILES string of the molecule is Cc1cc(C(=O)N[C@@H]2[C@@H](c3ccccc3)N(c3ccc4c(cnn4-c4ccc(=O)n(C)c4)c3)C(=O)C2(C)C)no1.Cn1cc(-n2ncc3cc(N4C(=O)C(C)(C)[C@H](N)[C@H]4c4ccccc4)ccc32)ccc1=O. The van der Waals surface area contributed by atoms with E-state index in [1.807, 2.05) is 130 Å². The quantitative estimate of drug-likeness (QED) is 0.158. The van der Waals surface area contributed by atoms with E-state index in [1.165, 1.54) is 21.3 Å². The molecular weight excluding hydrogens is 911 g/mol. The fourth-order valence-electron chi connectivity index (χ4n) is 9.91. The van der Waals surface area contributed by atoms with Crippen LogP contribution in [0.4, 0.5) is 11.4 Å². The third-order valence-electron chi connectivity index (χ3n) is 14.1. The number of hydrogen-bond acceptors (Lipinski definition) is 10. The minimum atomic E-state index is -0.928. The third kappa shape index (κ3) is 8.06. The molecule has 3 N–H and O–H groups in total. The zero-order valence-electron chi connectivity index (χ0n) is 40.8. The standard InChI is InChI=1S/C30H28N6O4.C25H25N5O2/c1-18-14-23(33-40-18)28(38)32-27-26(19-8-6-5-7-9-19)35(29(39)30(27,2)3)21-10-12-24-20(15-21)16-31-36(24)22-11-13-25(37)34(4)17-22;1-25(2)23(26)22(16-7-5-4-6-8-16)29(24(25)32)18-9-11-20-17(13-18)14-27-30(20)19-10-12-21(31)28(3)15-19/h5-17,26-27H,1-4H3,(H,32,38);4-15,22-23H,26H2,1-3H3/t26-,27-;22-,23-/m11/s1. The molecule has 17 nitrogen and oxygen atoms in total. The average molecular weight is 964 g/mol. The smallest absolute Gasteiger partial charge is 0.273 e. The molecule has 72 heavy (non-hydrogen) atoms. The first-order valence-electron chi connectivity index (χ1n) is 23.5. The summed E-state index contributed by atoms with van der Waals surface area (Å²) in [7, 11) is 3.41. The predicted octanol–water partition coefficient (Wildman–Crippen LogP) is 7.10. The van der Waals surface area contributed by atoms with Gasteiger partial charge in [0.1, 0.15) is 5.76 Å². The molecule has 364 valence electrons. The summed E-state index contributed by atoms with van der Waals surface area (Å²) < 4.78 is 11.7. The van der Waals surface area contributed by atoms with Crippen molar-refractivity contribution in [2.75, 3.05) is 9.80 Å². The lowest BCUT2D eigenvalue weighted by molar-refractivity contribution is -0.125. The van der Waals surface area contributed by atoms with Gasteiger partial charge in [0.05, 0.1) is 63.8 Å². The molecule has 17 heteroatoms. The van der Waals surface area contributed by atoms with Crippen LogP contribution in [0.2, 0.25) is 0 Å². The Morgan fingerprint density at radius 1 is 0.597 bits per heavy atom. The maximum Gasteiger partial charge on any atom is 0.273 e. The predicted molar refractivity (Wildman–Crippen MR) is 274 cm³/mol. The number of carbonyl (C=O) groups excluding carboxylic acids is 3. The largest absolute Gasteiger partial charge is 0.361 e. The molecule has 9 aromatic rings. The Labute approximate surface area is 413 Å². The second-order valence-corrected chi connectivity index (χ2v) is 19.6. The van der Waals surface area contributed by atoms with Gasteiger partial charge in [-0.15, -0.1) is 0 Å². The molecule has 2 saturated heterocycles. The number of hydrogen-bond donors (Lipinski definition) is 2. The number of amides is 3. The molecule has 7 heterocycles. The van der Waals surface area contributed by atoms with Crippen molar-refractivity contribution in [1.82, 2.24) is 39.2 Å². The molecule has 0 radical (unpaired) electrons. The van der Waals surface area contributed by atoms with Crippen molar-refractivity contribution in [3.8, 4) is 11.4 Å². The minimum Gasteiger partial charge on any atom is -0.361 e. The molecule has 0 bridgehead atoms. The highest BCUT2D eigenvalue weighted by atomic mass is 16.5. The molecule has 0 spiro atoms. The van der Waals surface area contributed by atoms with Crippen molar-refractivity contribution in [3.63, 3.8) is 0 Å². The van der Waals surface area contributed by atoms with E-state index in [0.717, 1.165) is 50.0 Å². The Kier molecular flexibility index (Phi) is 11.7. The molecule has 5 aromatic heterocycles. The first-order chi connectivity index (χ1) is 34.4. The zero-order chi connectivity index (χ0) is 50.8. The number of rotatable bonds is 8. The number of anilines is 2. The number of nitrogens with one attached hydrogen (secondary N) is 1. The van der Waals surface area contributed by atoms with Gasteiger partial charge in [-0.25, -0.2) is 9.36 Å². The monoisotopic (exact) mass is 963 g/mol. The van der Waals surface area contributed by atoms with Crippen LogP contribution >= 0.6 is 0 Å². The molecule has 2 aliphatic rings. The Morgan fingerprint density at radius 2 is 1.06 bits per heavy atom. The molecule has 2 fully saturated rings. The highest BCUT2D eigenvalue weighted by Crippen LogP contribution is 2.48. The number of aryl methyl sites for hydroxylation is 3. The number of benzene rings is 4. The average Bonchev–Trinajstić information content (AvgIpc) is 4.19. The summed E-state index contributed by atoms with van der Waals surface area (Å²) in [5, 5.41) is 17.7. The first-order valence-corrected chi connectivity index (χ1v) is 23.5. The summed E-state index contributed by atoms with van der Waals surface area (Å²) >= 11 is 0. The number of carbonyl (C=O) groups is 3. The van der Waals surface area contributed by atoms with Crippen LogP contribution in [0.15, 0.2) is 166 Å². The summed E-state index contributed by atoms with van der Waals surface area (Å²) in [6.45, 7) is 9.23. The van der Waals surface area contributed by atoms with Gasteiger partial charge in [0.15, 0.2) is 5.69 Å². The van der Waals surface area contributed by atoms with Gasteiger partial charge in [-0.1, -0.05) is 65.8 Å². The van der Waals surface area contributed by atoms with Gasteiger partial charge in [0.25, 0.3) is 5.91 Å². The van der Waals surface area contributed by atoms with E-state index in [1.54, 1.807) is 78.3 Å². The van der Waals surface area contributed by atoms with Crippen molar-refractivity contribution in [1.29, 1.82) is 0 Å². The van der Waals surface area contributed by atoms with Crippen LogP contribution in [0, 0.1) is 17.8 Å². The number of fused-ring (bicyclic) bond motifs is 2. The lowest BCUT2D eigenvalue weighted by Crippen LogP contribution is -2.46. The molecule has 4 aromatic carbocycles. The van der Waals surface area contributed by atoms with Crippen LogP contribution in [0.5, 0.6) is 0 Å². The van der Waals surface area contributed by atoms with Crippen molar-refractivity contribution < 1.29 is 18.9 Å². The molecule has 4 atom stereocenters. The molecule has 0 unspecified atom stereocenters. The van der Waals surface area contributed by atoms with Gasteiger partial charge in [0.2, 0.25) is 22.9 Å². The molecule has 11 rings (SSSR count). The summed E-state index contributed by atoms with van der Waals surface area (Å²) in [4.78, 5) is 67.9.